The maximum atomic E-state index is 11.3. The number of ether oxygens (including phenoxy) is 1. The minimum atomic E-state index is -0.0576. The van der Waals surface area contributed by atoms with E-state index in [1.54, 1.807) is 13.2 Å². The summed E-state index contributed by atoms with van der Waals surface area (Å²) in [7, 11) is 1.61. The van der Waals surface area contributed by atoms with Crippen LogP contribution in [0.15, 0.2) is 36.1 Å². The quantitative estimate of drug-likeness (QED) is 0.494. The summed E-state index contributed by atoms with van der Waals surface area (Å²) in [6.07, 6.45) is 5.99. The average molecular weight is 208 g/mol. The lowest BCUT2D eigenvalue weighted by molar-refractivity contribution is -0.120. The van der Waals surface area contributed by atoms with Crippen LogP contribution in [0, 0.1) is 5.92 Å². The smallest absolute Gasteiger partial charge is 0.139 e. The highest BCUT2D eigenvalue weighted by atomic mass is 16.5. The summed E-state index contributed by atoms with van der Waals surface area (Å²) >= 11 is 0. The van der Waals surface area contributed by atoms with Gasteiger partial charge in [-0.1, -0.05) is 32.6 Å². The first-order valence-corrected chi connectivity index (χ1v) is 5.15. The maximum absolute atomic E-state index is 11.3. The molecule has 0 N–H and O–H groups in total. The number of methoxy groups -OCH3 is 1. The molecule has 0 saturated heterocycles. The van der Waals surface area contributed by atoms with Gasteiger partial charge >= 0.3 is 0 Å². The Labute approximate surface area is 92.3 Å². The zero-order chi connectivity index (χ0) is 11.8. The molecule has 0 spiro atoms. The number of carbonyl (C=O) groups is 1. The van der Waals surface area contributed by atoms with Crippen molar-refractivity contribution in [1.82, 2.24) is 0 Å². The Morgan fingerprint density at radius 2 is 2.13 bits per heavy atom. The molecule has 2 nitrogen and oxygen atoms in total. The van der Waals surface area contributed by atoms with Crippen LogP contribution in [0.5, 0.6) is 0 Å². The molecular weight excluding hydrogens is 188 g/mol. The van der Waals surface area contributed by atoms with Crippen LogP contribution >= 0.6 is 0 Å². The van der Waals surface area contributed by atoms with Gasteiger partial charge in [0.25, 0.3) is 0 Å². The number of Topliss-reactive ketones (excluding diaryl/α,β-unsaturated/α-hetero) is 1. The molecule has 0 aromatic rings. The van der Waals surface area contributed by atoms with Crippen molar-refractivity contribution in [2.24, 2.45) is 5.92 Å². The molecule has 0 bridgehead atoms. The van der Waals surface area contributed by atoms with E-state index in [-0.39, 0.29) is 11.7 Å². The second-order valence-electron chi connectivity index (χ2n) is 3.42. The molecule has 0 aliphatic rings. The van der Waals surface area contributed by atoms with Crippen LogP contribution in [-0.4, -0.2) is 12.9 Å². The number of ketones is 1. The summed E-state index contributed by atoms with van der Waals surface area (Å²) in [5.41, 5.74) is 0.963. The van der Waals surface area contributed by atoms with E-state index in [1.165, 1.54) is 0 Å². The van der Waals surface area contributed by atoms with Crippen molar-refractivity contribution < 1.29 is 9.53 Å². The van der Waals surface area contributed by atoms with Gasteiger partial charge in [-0.05, 0) is 18.6 Å². The third-order valence-electron chi connectivity index (χ3n) is 2.31. The fourth-order valence-corrected chi connectivity index (χ4v) is 1.12. The molecule has 0 amide bonds. The number of hydrogen-bond acceptors (Lipinski definition) is 2. The lowest BCUT2D eigenvalue weighted by Crippen LogP contribution is -2.06. The average Bonchev–Trinajstić information content (AvgIpc) is 2.27. The topological polar surface area (TPSA) is 26.3 Å². The van der Waals surface area contributed by atoms with Crippen LogP contribution < -0.4 is 0 Å². The largest absolute Gasteiger partial charge is 0.497 e. The van der Waals surface area contributed by atoms with E-state index in [9.17, 15) is 4.79 Å². The normalized spacial score (nSPS) is 14.7. The molecule has 0 radical (unpaired) electrons. The molecule has 1 unspecified atom stereocenters. The van der Waals surface area contributed by atoms with E-state index in [2.05, 4.69) is 6.58 Å². The molecule has 0 aliphatic heterocycles. The highest BCUT2D eigenvalue weighted by Crippen LogP contribution is 2.10. The fraction of sp³-hybridized carbons (Fsp3) is 0.462. The molecule has 0 rings (SSSR count). The standard InChI is InChI=1S/C13H20O2/c1-6-10(3)13(15-5)9-8-11(4)12(14)7-2/h6,8-9,11H,1,7H2,2-5H3/b9-8-,13-10+. The summed E-state index contributed by atoms with van der Waals surface area (Å²) < 4.78 is 5.18. The molecule has 0 aliphatic carbocycles. The van der Waals surface area contributed by atoms with E-state index in [1.807, 2.05) is 32.9 Å². The van der Waals surface area contributed by atoms with Crippen molar-refractivity contribution in [3.05, 3.63) is 36.1 Å². The fourth-order valence-electron chi connectivity index (χ4n) is 1.12. The predicted octanol–water partition coefficient (Wildman–Crippen LogP) is 3.26. The molecule has 0 aromatic carbocycles. The minimum Gasteiger partial charge on any atom is -0.497 e. The summed E-state index contributed by atoms with van der Waals surface area (Å²) in [5.74, 6) is 0.927. The predicted molar refractivity (Wildman–Crippen MR) is 63.5 cm³/mol. The molecule has 0 aromatic heterocycles. The monoisotopic (exact) mass is 208 g/mol. The van der Waals surface area contributed by atoms with E-state index < -0.39 is 0 Å². The second kappa shape index (κ2) is 7.04. The SMILES string of the molecule is C=C/C(C)=C(\C=C/C(C)C(=O)CC)OC. The Hall–Kier alpha value is -1.31. The lowest BCUT2D eigenvalue weighted by atomic mass is 10.0. The van der Waals surface area contributed by atoms with Gasteiger partial charge in [0, 0.05) is 12.3 Å². The van der Waals surface area contributed by atoms with Crippen LogP contribution in [-0.2, 0) is 9.53 Å². The zero-order valence-electron chi connectivity index (χ0n) is 10.0. The van der Waals surface area contributed by atoms with Gasteiger partial charge in [-0.15, -0.1) is 0 Å². The van der Waals surface area contributed by atoms with Gasteiger partial charge in [0.15, 0.2) is 0 Å². The highest BCUT2D eigenvalue weighted by Gasteiger charge is 2.06. The summed E-state index contributed by atoms with van der Waals surface area (Å²) in [4.78, 5) is 11.3. The Morgan fingerprint density at radius 1 is 1.53 bits per heavy atom. The molecule has 84 valence electrons. The zero-order valence-corrected chi connectivity index (χ0v) is 10.0. The van der Waals surface area contributed by atoms with E-state index in [0.717, 1.165) is 11.3 Å². The summed E-state index contributed by atoms with van der Waals surface area (Å²) in [6, 6.07) is 0. The Kier molecular flexibility index (Phi) is 6.43. The van der Waals surface area contributed by atoms with Crippen molar-refractivity contribution >= 4 is 5.78 Å². The summed E-state index contributed by atoms with van der Waals surface area (Å²) in [5, 5.41) is 0. The first-order valence-electron chi connectivity index (χ1n) is 5.15. The molecule has 0 fully saturated rings. The molecule has 15 heavy (non-hydrogen) atoms. The van der Waals surface area contributed by atoms with Crippen LogP contribution in [0.4, 0.5) is 0 Å². The van der Waals surface area contributed by atoms with E-state index in [0.29, 0.717) is 6.42 Å². The van der Waals surface area contributed by atoms with Crippen LogP contribution in [0.2, 0.25) is 0 Å². The first kappa shape index (κ1) is 13.7. The molecule has 0 saturated carbocycles. The van der Waals surface area contributed by atoms with Gasteiger partial charge in [0.1, 0.15) is 11.5 Å². The van der Waals surface area contributed by atoms with Crippen molar-refractivity contribution in [2.45, 2.75) is 27.2 Å². The van der Waals surface area contributed by atoms with Crippen LogP contribution in [0.25, 0.3) is 0 Å². The number of rotatable bonds is 6. The third kappa shape index (κ3) is 4.63. The van der Waals surface area contributed by atoms with Crippen LogP contribution in [0.1, 0.15) is 27.2 Å². The minimum absolute atomic E-state index is 0.0576. The molecular formula is C13H20O2. The van der Waals surface area contributed by atoms with E-state index >= 15 is 0 Å². The van der Waals surface area contributed by atoms with Gasteiger partial charge in [0.2, 0.25) is 0 Å². The Morgan fingerprint density at radius 3 is 2.53 bits per heavy atom. The summed E-state index contributed by atoms with van der Waals surface area (Å²) in [6.45, 7) is 9.35. The second-order valence-corrected chi connectivity index (χ2v) is 3.42. The Bertz CT molecular complexity index is 285. The maximum Gasteiger partial charge on any atom is 0.139 e. The number of allylic oxidation sites excluding steroid dienone is 4. The van der Waals surface area contributed by atoms with Crippen molar-refractivity contribution in [3.63, 3.8) is 0 Å². The Balaban J connectivity index is 4.63. The first-order chi connectivity index (χ1) is 7.06. The third-order valence-corrected chi connectivity index (χ3v) is 2.31. The molecule has 2 heteroatoms. The van der Waals surface area contributed by atoms with Crippen molar-refractivity contribution in [1.29, 1.82) is 0 Å². The van der Waals surface area contributed by atoms with Crippen molar-refractivity contribution in [2.75, 3.05) is 7.11 Å². The van der Waals surface area contributed by atoms with Gasteiger partial charge in [-0.3, -0.25) is 4.79 Å². The number of carbonyl (C=O) groups excluding carboxylic acids is 1. The van der Waals surface area contributed by atoms with Gasteiger partial charge in [0.05, 0.1) is 7.11 Å². The number of hydrogen-bond donors (Lipinski definition) is 0. The van der Waals surface area contributed by atoms with Crippen molar-refractivity contribution in [3.8, 4) is 0 Å². The van der Waals surface area contributed by atoms with Gasteiger partial charge in [-0.2, -0.15) is 0 Å². The highest BCUT2D eigenvalue weighted by molar-refractivity contribution is 5.81. The molecule has 1 atom stereocenters. The lowest BCUT2D eigenvalue weighted by Gasteiger charge is -2.05. The van der Waals surface area contributed by atoms with Gasteiger partial charge < -0.3 is 4.74 Å². The molecule has 0 heterocycles. The van der Waals surface area contributed by atoms with E-state index in [4.69, 9.17) is 4.74 Å². The van der Waals surface area contributed by atoms with Crippen LogP contribution in [0.3, 0.4) is 0 Å². The van der Waals surface area contributed by atoms with Gasteiger partial charge in [-0.25, -0.2) is 0 Å².